The van der Waals surface area contributed by atoms with Crippen molar-refractivity contribution in [3.63, 3.8) is 0 Å². The summed E-state index contributed by atoms with van der Waals surface area (Å²) in [6, 6.07) is 9.45. The molecule has 0 saturated heterocycles. The molecule has 0 unspecified atom stereocenters. The molecule has 1 amide bonds. The monoisotopic (exact) mass is 593 g/mol. The number of aliphatic hydroxyl groups is 3. The van der Waals surface area contributed by atoms with E-state index in [-0.39, 0.29) is 35.1 Å². The molecule has 3 N–H and O–H groups in total. The first-order valence-electron chi connectivity index (χ1n) is 13.1. The van der Waals surface area contributed by atoms with Gasteiger partial charge in [0.1, 0.15) is 23.9 Å². The van der Waals surface area contributed by atoms with Gasteiger partial charge in [-0.2, -0.15) is 0 Å². The molecule has 0 radical (unpaired) electrons. The van der Waals surface area contributed by atoms with Crippen LogP contribution in [0.5, 0.6) is 0 Å². The van der Waals surface area contributed by atoms with Crippen LogP contribution >= 0.6 is 0 Å². The highest BCUT2D eigenvalue weighted by Gasteiger charge is 2.33. The highest BCUT2D eigenvalue weighted by atomic mass is 19.1. The number of nitrogens with zero attached hydrogens (tertiary/aromatic N) is 3. The average molecular weight is 594 g/mol. The normalized spacial score (nSPS) is 10.8. The molecular weight excluding hydrogens is 560 g/mol. The molecule has 0 aliphatic heterocycles. The van der Waals surface area contributed by atoms with Gasteiger partial charge in [0.05, 0.1) is 29.9 Å². The maximum atomic E-state index is 14.8. The van der Waals surface area contributed by atoms with E-state index in [1.807, 2.05) is 13.8 Å². The van der Waals surface area contributed by atoms with Crippen molar-refractivity contribution in [2.75, 3.05) is 33.9 Å². The van der Waals surface area contributed by atoms with Gasteiger partial charge in [0.2, 0.25) is 12.3 Å². The van der Waals surface area contributed by atoms with Crippen LogP contribution in [0.4, 0.5) is 8.78 Å². The summed E-state index contributed by atoms with van der Waals surface area (Å²) in [5, 5.41) is 28.8. The summed E-state index contributed by atoms with van der Waals surface area (Å²) in [6.07, 6.45) is 2.29. The third-order valence-electron chi connectivity index (χ3n) is 6.46. The summed E-state index contributed by atoms with van der Waals surface area (Å²) in [5.74, 6) is 3.71. The van der Waals surface area contributed by atoms with Gasteiger partial charge in [0.15, 0.2) is 5.76 Å². The molecule has 226 valence electrons. The van der Waals surface area contributed by atoms with E-state index in [1.165, 1.54) is 34.6 Å². The third-order valence-corrected chi connectivity index (χ3v) is 6.46. The second-order valence-corrected chi connectivity index (χ2v) is 10.3. The molecule has 4 aromatic rings. The standard InChI is InChI=1S/C29H26F2N2O5.C3H7NO/c1-17-11-19(5-4-10-34)12-18(2)26(17)33-14-20(6-9-24(33)37)25-27(22-8-7-21(30)13-23(22)31)38-28(32-25)29(3,15-35)16-36;1-4(2)3-5/h6-9,11-14,34-36H,10,15-16H2,1-3H3;3H,1-2H3. The number of hydrogen-bond acceptors (Lipinski definition) is 7. The second kappa shape index (κ2) is 14.0. The number of hydrogen-bond donors (Lipinski definition) is 3. The summed E-state index contributed by atoms with van der Waals surface area (Å²) < 4.78 is 35.8. The second-order valence-electron chi connectivity index (χ2n) is 10.3. The molecule has 2 aromatic carbocycles. The van der Waals surface area contributed by atoms with Gasteiger partial charge in [-0.1, -0.05) is 11.8 Å². The van der Waals surface area contributed by atoms with Gasteiger partial charge in [0.25, 0.3) is 5.56 Å². The Balaban J connectivity index is 0.000000934. The lowest BCUT2D eigenvalue weighted by molar-refractivity contribution is -0.115. The summed E-state index contributed by atoms with van der Waals surface area (Å²) in [4.78, 5) is 28.3. The Hall–Kier alpha value is -4.63. The molecule has 0 aliphatic carbocycles. The van der Waals surface area contributed by atoms with Crippen LogP contribution in [0.1, 0.15) is 29.5 Å². The van der Waals surface area contributed by atoms with Crippen LogP contribution in [0, 0.1) is 37.3 Å². The van der Waals surface area contributed by atoms with Crippen LogP contribution in [-0.2, 0) is 10.2 Å². The van der Waals surface area contributed by atoms with Crippen LogP contribution in [-0.4, -0.2) is 70.1 Å². The fraction of sp³-hybridized carbons (Fsp3) is 0.281. The SMILES string of the molecule is CN(C)C=O.Cc1cc(C#CCO)cc(C)c1-n1cc(-c2nc(C(C)(CO)CO)oc2-c2ccc(F)cc2F)ccc1=O. The number of aryl methyl sites for hydroxylation is 2. The quantitative estimate of drug-likeness (QED) is 0.222. The first-order chi connectivity index (χ1) is 20.4. The first-order valence-corrected chi connectivity index (χ1v) is 13.1. The lowest BCUT2D eigenvalue weighted by Gasteiger charge is -2.19. The van der Waals surface area contributed by atoms with Crippen molar-refractivity contribution < 1.29 is 33.3 Å². The molecular formula is C32H33F2N3O6. The van der Waals surface area contributed by atoms with Crippen LogP contribution in [0.15, 0.2) is 57.9 Å². The zero-order chi connectivity index (χ0) is 31.9. The zero-order valence-electron chi connectivity index (χ0n) is 24.5. The molecule has 43 heavy (non-hydrogen) atoms. The van der Waals surface area contributed by atoms with E-state index < -0.39 is 30.3 Å². The first kappa shape index (κ1) is 32.9. The van der Waals surface area contributed by atoms with E-state index in [0.29, 0.717) is 22.9 Å². The highest BCUT2D eigenvalue weighted by molar-refractivity contribution is 5.77. The fourth-order valence-corrected chi connectivity index (χ4v) is 4.17. The Kier molecular flexibility index (Phi) is 10.7. The fourth-order valence-electron chi connectivity index (χ4n) is 4.17. The highest BCUT2D eigenvalue weighted by Crippen LogP contribution is 2.37. The molecule has 0 bridgehead atoms. The molecule has 0 spiro atoms. The van der Waals surface area contributed by atoms with E-state index in [9.17, 15) is 28.6 Å². The number of halogens is 2. The van der Waals surface area contributed by atoms with Gasteiger partial charge in [-0.15, -0.1) is 0 Å². The molecule has 0 aliphatic rings. The number of amides is 1. The van der Waals surface area contributed by atoms with Gasteiger partial charge in [-0.3, -0.25) is 14.2 Å². The third kappa shape index (κ3) is 7.42. The topological polar surface area (TPSA) is 129 Å². The number of aliphatic hydroxyl groups excluding tert-OH is 3. The number of benzene rings is 2. The van der Waals surface area contributed by atoms with Gasteiger partial charge in [-0.25, -0.2) is 13.8 Å². The van der Waals surface area contributed by atoms with Crippen LogP contribution in [0.2, 0.25) is 0 Å². The van der Waals surface area contributed by atoms with E-state index in [2.05, 4.69) is 16.8 Å². The van der Waals surface area contributed by atoms with Gasteiger partial charge in [-0.05, 0) is 62.2 Å². The van der Waals surface area contributed by atoms with E-state index in [0.717, 1.165) is 23.6 Å². The van der Waals surface area contributed by atoms with Crippen molar-refractivity contribution in [2.24, 2.45) is 0 Å². The van der Waals surface area contributed by atoms with Crippen molar-refractivity contribution in [1.29, 1.82) is 0 Å². The van der Waals surface area contributed by atoms with Crippen molar-refractivity contribution >= 4 is 6.41 Å². The lowest BCUT2D eigenvalue weighted by atomic mass is 9.93. The van der Waals surface area contributed by atoms with Gasteiger partial charge in [0, 0.05) is 43.6 Å². The minimum atomic E-state index is -1.28. The van der Waals surface area contributed by atoms with E-state index >= 15 is 0 Å². The maximum Gasteiger partial charge on any atom is 0.255 e. The average Bonchev–Trinajstić information content (AvgIpc) is 3.42. The predicted octanol–water partition coefficient (Wildman–Crippen LogP) is 3.35. The van der Waals surface area contributed by atoms with Crippen LogP contribution in [0.3, 0.4) is 0 Å². The summed E-state index contributed by atoms with van der Waals surface area (Å²) in [5.41, 5.74) is 1.66. The Morgan fingerprint density at radius 1 is 1.05 bits per heavy atom. The smallest absolute Gasteiger partial charge is 0.255 e. The Bertz CT molecular complexity index is 1710. The van der Waals surface area contributed by atoms with Gasteiger partial charge < -0.3 is 24.6 Å². The molecule has 9 nitrogen and oxygen atoms in total. The van der Waals surface area contributed by atoms with Crippen LogP contribution in [0.25, 0.3) is 28.3 Å². The largest absolute Gasteiger partial charge is 0.439 e. The summed E-state index contributed by atoms with van der Waals surface area (Å²) in [7, 11) is 3.38. The molecule has 0 saturated carbocycles. The molecule has 0 fully saturated rings. The Morgan fingerprint density at radius 2 is 1.67 bits per heavy atom. The summed E-state index contributed by atoms with van der Waals surface area (Å²) in [6.45, 7) is 3.91. The molecule has 11 heteroatoms. The molecule has 0 atom stereocenters. The van der Waals surface area contributed by atoms with Crippen molar-refractivity contribution in [3.8, 4) is 40.1 Å². The number of aromatic nitrogens is 2. The van der Waals surface area contributed by atoms with Gasteiger partial charge >= 0.3 is 0 Å². The van der Waals surface area contributed by atoms with E-state index in [4.69, 9.17) is 9.52 Å². The molecule has 2 aromatic heterocycles. The number of rotatable bonds is 7. The number of oxazole rings is 1. The Labute approximate surface area is 247 Å². The minimum Gasteiger partial charge on any atom is -0.439 e. The molecule has 2 heterocycles. The van der Waals surface area contributed by atoms with Crippen LogP contribution < -0.4 is 5.56 Å². The van der Waals surface area contributed by atoms with Crippen molar-refractivity contribution in [1.82, 2.24) is 14.5 Å². The number of carbonyl (C=O) groups is 1. The lowest BCUT2D eigenvalue weighted by Crippen LogP contribution is -2.31. The van der Waals surface area contributed by atoms with Crippen molar-refractivity contribution in [3.05, 3.63) is 93.2 Å². The maximum absolute atomic E-state index is 14.8. The predicted molar refractivity (Wildman–Crippen MR) is 158 cm³/mol. The van der Waals surface area contributed by atoms with E-state index in [1.54, 1.807) is 32.4 Å². The number of pyridine rings is 1. The molecule has 4 rings (SSSR count). The number of carbonyl (C=O) groups excluding carboxylic acids is 1. The van der Waals surface area contributed by atoms with Crippen molar-refractivity contribution in [2.45, 2.75) is 26.2 Å². The Morgan fingerprint density at radius 3 is 2.21 bits per heavy atom. The minimum absolute atomic E-state index is 0.0427. The zero-order valence-corrected chi connectivity index (χ0v) is 24.5. The summed E-state index contributed by atoms with van der Waals surface area (Å²) >= 11 is 0.